The Kier molecular flexibility index (Phi) is 15.2. The molecular formula is C15H32N2O3. The summed E-state index contributed by atoms with van der Waals surface area (Å²) in [6, 6.07) is -0.157. The topological polar surface area (TPSA) is 83.6 Å². The minimum absolute atomic E-state index is 0.157. The number of carboxylic acid groups (broad SMARTS) is 1. The molecule has 20 heavy (non-hydrogen) atoms. The van der Waals surface area contributed by atoms with Crippen LogP contribution < -0.4 is 5.73 Å². The van der Waals surface area contributed by atoms with Crippen LogP contribution >= 0.6 is 0 Å². The third-order valence-electron chi connectivity index (χ3n) is 3.18. The highest BCUT2D eigenvalue weighted by Crippen LogP contribution is 2.07. The number of nitrogens with zero attached hydrogens (tertiary/aromatic N) is 1. The van der Waals surface area contributed by atoms with Crippen LogP contribution in [-0.4, -0.2) is 42.0 Å². The van der Waals surface area contributed by atoms with Crippen LogP contribution in [0.1, 0.15) is 65.2 Å². The number of primary amides is 1. The molecular weight excluding hydrogens is 256 g/mol. The fraction of sp³-hybridized carbons (Fsp3) is 0.867. The summed E-state index contributed by atoms with van der Waals surface area (Å²) in [6.07, 6.45) is 8.64. The van der Waals surface area contributed by atoms with Crippen LogP contribution in [0.5, 0.6) is 0 Å². The summed E-state index contributed by atoms with van der Waals surface area (Å²) in [7, 11) is 3.63. The van der Waals surface area contributed by atoms with Gasteiger partial charge in [-0.25, -0.2) is 0 Å². The van der Waals surface area contributed by atoms with Crippen LogP contribution in [-0.2, 0) is 9.59 Å². The van der Waals surface area contributed by atoms with E-state index < -0.39 is 5.97 Å². The molecule has 1 atom stereocenters. The number of hydrogen-bond acceptors (Lipinski definition) is 3. The Morgan fingerprint density at radius 1 is 1.05 bits per heavy atom. The Morgan fingerprint density at radius 2 is 1.50 bits per heavy atom. The maximum Gasteiger partial charge on any atom is 0.303 e. The molecule has 0 aromatic carbocycles. The van der Waals surface area contributed by atoms with E-state index in [9.17, 15) is 9.59 Å². The first kappa shape index (κ1) is 21.2. The van der Waals surface area contributed by atoms with Gasteiger partial charge in [-0.15, -0.1) is 0 Å². The minimum Gasteiger partial charge on any atom is -0.481 e. The molecule has 0 heterocycles. The number of unbranched alkanes of at least 4 members (excludes halogenated alkanes) is 6. The van der Waals surface area contributed by atoms with Crippen LogP contribution in [0.4, 0.5) is 0 Å². The van der Waals surface area contributed by atoms with Crippen molar-refractivity contribution in [2.45, 2.75) is 71.3 Å². The Bertz CT molecular complexity index is 256. The predicted octanol–water partition coefficient (Wildman–Crippen LogP) is 2.63. The summed E-state index contributed by atoms with van der Waals surface area (Å²) >= 11 is 0. The molecule has 0 aromatic heterocycles. The first-order valence-corrected chi connectivity index (χ1v) is 7.50. The summed E-state index contributed by atoms with van der Waals surface area (Å²) in [6.45, 7) is 3.97. The van der Waals surface area contributed by atoms with Crippen molar-refractivity contribution >= 4 is 11.9 Å². The lowest BCUT2D eigenvalue weighted by molar-refractivity contribution is -0.137. The van der Waals surface area contributed by atoms with Crippen molar-refractivity contribution in [3.8, 4) is 0 Å². The Labute approximate surface area is 123 Å². The Balaban J connectivity index is 0. The number of rotatable bonds is 10. The zero-order chi connectivity index (χ0) is 16.0. The Hall–Kier alpha value is -1.10. The maximum absolute atomic E-state index is 10.3. The molecule has 0 saturated carbocycles. The van der Waals surface area contributed by atoms with Gasteiger partial charge in [0.25, 0.3) is 0 Å². The van der Waals surface area contributed by atoms with Crippen molar-refractivity contribution in [2.24, 2.45) is 5.73 Å². The molecule has 0 spiro atoms. The fourth-order valence-corrected chi connectivity index (χ4v) is 1.49. The number of aliphatic carboxylic acids is 1. The number of carbonyl (C=O) groups is 2. The summed E-state index contributed by atoms with van der Waals surface area (Å²) in [4.78, 5) is 22.2. The standard InChI is InChI=1S/C10H20O2.C5H12N2O/c1-2-3-4-5-6-7-8-9-10(11)12;1-4(5(6)8)7(2)3/h2-9H2,1H3,(H,11,12);4H,1-3H3,(H2,6,8). The number of carboxylic acids is 1. The second-order valence-electron chi connectivity index (χ2n) is 5.31. The van der Waals surface area contributed by atoms with Gasteiger partial charge < -0.3 is 10.8 Å². The van der Waals surface area contributed by atoms with E-state index in [1.807, 2.05) is 14.1 Å². The van der Waals surface area contributed by atoms with Gasteiger partial charge in [0.2, 0.25) is 5.91 Å². The summed E-state index contributed by atoms with van der Waals surface area (Å²) < 4.78 is 0. The molecule has 0 rings (SSSR count). The molecule has 0 radical (unpaired) electrons. The molecule has 0 aliphatic carbocycles. The quantitative estimate of drug-likeness (QED) is 0.605. The minimum atomic E-state index is -0.663. The molecule has 0 saturated heterocycles. The van der Waals surface area contributed by atoms with Gasteiger partial charge in [0, 0.05) is 6.42 Å². The highest BCUT2D eigenvalue weighted by atomic mass is 16.4. The smallest absolute Gasteiger partial charge is 0.303 e. The normalized spacial score (nSPS) is 11.7. The highest BCUT2D eigenvalue weighted by Gasteiger charge is 2.08. The van der Waals surface area contributed by atoms with E-state index in [4.69, 9.17) is 10.8 Å². The number of hydrogen-bond donors (Lipinski definition) is 2. The van der Waals surface area contributed by atoms with Crippen molar-refractivity contribution in [1.29, 1.82) is 0 Å². The number of carbonyl (C=O) groups excluding carboxylic acids is 1. The molecule has 3 N–H and O–H groups in total. The van der Waals surface area contributed by atoms with Gasteiger partial charge in [-0.3, -0.25) is 14.5 Å². The lowest BCUT2D eigenvalue weighted by Crippen LogP contribution is -2.37. The van der Waals surface area contributed by atoms with Crippen molar-refractivity contribution in [1.82, 2.24) is 4.90 Å². The second-order valence-corrected chi connectivity index (χ2v) is 5.31. The lowest BCUT2D eigenvalue weighted by atomic mass is 10.1. The molecule has 1 unspecified atom stereocenters. The lowest BCUT2D eigenvalue weighted by Gasteiger charge is -2.14. The molecule has 0 aliphatic heterocycles. The van der Waals surface area contributed by atoms with E-state index in [0.29, 0.717) is 6.42 Å². The molecule has 0 fully saturated rings. The van der Waals surface area contributed by atoms with E-state index in [0.717, 1.165) is 12.8 Å². The van der Waals surface area contributed by atoms with Crippen molar-refractivity contribution in [3.05, 3.63) is 0 Å². The third-order valence-corrected chi connectivity index (χ3v) is 3.18. The number of nitrogens with two attached hydrogens (primary N) is 1. The van der Waals surface area contributed by atoms with Gasteiger partial charge in [0.15, 0.2) is 0 Å². The largest absolute Gasteiger partial charge is 0.481 e. The monoisotopic (exact) mass is 288 g/mol. The number of amides is 1. The van der Waals surface area contributed by atoms with Crippen LogP contribution in [0.2, 0.25) is 0 Å². The van der Waals surface area contributed by atoms with Crippen LogP contribution in [0.3, 0.4) is 0 Å². The average molecular weight is 288 g/mol. The zero-order valence-corrected chi connectivity index (χ0v) is 13.5. The molecule has 5 heteroatoms. The van der Waals surface area contributed by atoms with Crippen LogP contribution in [0, 0.1) is 0 Å². The van der Waals surface area contributed by atoms with Gasteiger partial charge >= 0.3 is 5.97 Å². The average Bonchev–Trinajstić information content (AvgIpc) is 2.37. The van der Waals surface area contributed by atoms with Gasteiger partial charge in [0.1, 0.15) is 0 Å². The summed E-state index contributed by atoms with van der Waals surface area (Å²) in [5, 5.41) is 8.35. The van der Waals surface area contributed by atoms with Crippen molar-refractivity contribution in [3.63, 3.8) is 0 Å². The van der Waals surface area contributed by atoms with E-state index in [-0.39, 0.29) is 11.9 Å². The first-order valence-electron chi connectivity index (χ1n) is 7.50. The van der Waals surface area contributed by atoms with Crippen molar-refractivity contribution < 1.29 is 14.7 Å². The van der Waals surface area contributed by atoms with Crippen LogP contribution in [0.15, 0.2) is 0 Å². The van der Waals surface area contributed by atoms with E-state index in [2.05, 4.69) is 6.92 Å². The summed E-state index contributed by atoms with van der Waals surface area (Å²) in [5.74, 6) is -0.946. The van der Waals surface area contributed by atoms with Gasteiger partial charge in [-0.05, 0) is 27.4 Å². The summed E-state index contributed by atoms with van der Waals surface area (Å²) in [5.41, 5.74) is 4.96. The SMILES string of the molecule is CC(C(N)=O)N(C)C.CCCCCCCCCC(=O)O. The fourth-order valence-electron chi connectivity index (χ4n) is 1.49. The highest BCUT2D eigenvalue weighted by molar-refractivity contribution is 5.79. The molecule has 0 bridgehead atoms. The first-order chi connectivity index (χ1) is 9.32. The zero-order valence-electron chi connectivity index (χ0n) is 13.5. The van der Waals surface area contributed by atoms with Crippen molar-refractivity contribution in [2.75, 3.05) is 14.1 Å². The van der Waals surface area contributed by atoms with E-state index >= 15 is 0 Å². The molecule has 5 nitrogen and oxygen atoms in total. The van der Waals surface area contributed by atoms with Crippen LogP contribution in [0.25, 0.3) is 0 Å². The van der Waals surface area contributed by atoms with Gasteiger partial charge in [-0.1, -0.05) is 45.4 Å². The number of likely N-dealkylation sites (N-methyl/N-ethyl adjacent to an activating group) is 1. The maximum atomic E-state index is 10.3. The molecule has 0 aliphatic rings. The molecule has 1 amide bonds. The molecule has 120 valence electrons. The second kappa shape index (κ2) is 14.3. The Morgan fingerprint density at radius 3 is 1.80 bits per heavy atom. The van der Waals surface area contributed by atoms with E-state index in [1.54, 1.807) is 11.8 Å². The van der Waals surface area contributed by atoms with Gasteiger partial charge in [0.05, 0.1) is 6.04 Å². The third kappa shape index (κ3) is 16.9. The predicted molar refractivity (Wildman–Crippen MR) is 82.6 cm³/mol. The van der Waals surface area contributed by atoms with E-state index in [1.165, 1.54) is 32.1 Å². The molecule has 0 aromatic rings. The van der Waals surface area contributed by atoms with Gasteiger partial charge in [-0.2, -0.15) is 0 Å².